The van der Waals surface area contributed by atoms with E-state index in [9.17, 15) is 4.79 Å². The van der Waals surface area contributed by atoms with E-state index in [1.807, 2.05) is 13.1 Å². The van der Waals surface area contributed by atoms with Crippen molar-refractivity contribution in [3.05, 3.63) is 16.9 Å². The van der Waals surface area contributed by atoms with Gasteiger partial charge >= 0.3 is 0 Å². The molecule has 2 heterocycles. The number of aromatic nitrogens is 3. The van der Waals surface area contributed by atoms with Gasteiger partial charge in [0.25, 0.3) is 0 Å². The summed E-state index contributed by atoms with van der Waals surface area (Å²) in [6.07, 6.45) is 6.33. The van der Waals surface area contributed by atoms with E-state index in [2.05, 4.69) is 15.4 Å². The van der Waals surface area contributed by atoms with E-state index >= 15 is 0 Å². The molecule has 0 aliphatic heterocycles. The van der Waals surface area contributed by atoms with Gasteiger partial charge < -0.3 is 5.32 Å². The topological polar surface area (TPSA) is 59.3 Å². The Morgan fingerprint density at radius 2 is 2.33 bits per heavy atom. The van der Waals surface area contributed by atoms with Crippen molar-refractivity contribution in [2.45, 2.75) is 39.2 Å². The summed E-state index contributed by atoms with van der Waals surface area (Å²) < 4.78 is 1.77. The predicted molar refractivity (Wildman–Crippen MR) is 69.4 cm³/mol. The van der Waals surface area contributed by atoms with E-state index in [0.29, 0.717) is 6.54 Å². The summed E-state index contributed by atoms with van der Waals surface area (Å²) in [5.41, 5.74) is 0.968. The van der Waals surface area contributed by atoms with Crippen LogP contribution in [0.15, 0.2) is 6.20 Å². The highest BCUT2D eigenvalue weighted by Crippen LogP contribution is 2.24. The van der Waals surface area contributed by atoms with Crippen molar-refractivity contribution in [1.29, 1.82) is 0 Å². The zero-order valence-corrected chi connectivity index (χ0v) is 11.2. The third-order valence-corrected chi connectivity index (χ3v) is 4.27. The van der Waals surface area contributed by atoms with Crippen molar-refractivity contribution >= 4 is 22.2 Å². The van der Waals surface area contributed by atoms with Crippen LogP contribution in [0.5, 0.6) is 0 Å². The van der Waals surface area contributed by atoms with Crippen molar-refractivity contribution in [2.24, 2.45) is 5.92 Å². The van der Waals surface area contributed by atoms with E-state index in [1.54, 1.807) is 4.52 Å². The average Bonchev–Trinajstić information content (AvgIpc) is 3.00. The summed E-state index contributed by atoms with van der Waals surface area (Å²) in [5.74, 6) is 0.396. The number of fused-ring (bicyclic) bond motifs is 1. The maximum absolute atomic E-state index is 11.9. The monoisotopic (exact) mass is 264 g/mol. The van der Waals surface area contributed by atoms with Crippen LogP contribution in [0.3, 0.4) is 0 Å². The molecule has 1 saturated carbocycles. The lowest BCUT2D eigenvalue weighted by molar-refractivity contribution is -0.124. The van der Waals surface area contributed by atoms with Crippen LogP contribution in [0, 0.1) is 12.8 Å². The highest BCUT2D eigenvalue weighted by Gasteiger charge is 2.22. The van der Waals surface area contributed by atoms with Gasteiger partial charge in [0.2, 0.25) is 10.9 Å². The number of carbonyl (C=O) groups excluding carboxylic acids is 1. The van der Waals surface area contributed by atoms with E-state index in [0.717, 1.165) is 28.5 Å². The molecule has 6 heteroatoms. The number of rotatable bonds is 3. The molecular weight excluding hydrogens is 248 g/mol. The van der Waals surface area contributed by atoms with E-state index in [1.165, 1.54) is 24.2 Å². The molecule has 5 nitrogen and oxygen atoms in total. The smallest absolute Gasteiger partial charge is 0.223 e. The van der Waals surface area contributed by atoms with Gasteiger partial charge in [0.05, 0.1) is 18.4 Å². The van der Waals surface area contributed by atoms with Crippen molar-refractivity contribution < 1.29 is 4.79 Å². The fourth-order valence-corrected chi connectivity index (χ4v) is 3.28. The number of hydrogen-bond donors (Lipinski definition) is 1. The summed E-state index contributed by atoms with van der Waals surface area (Å²) in [5, 5.41) is 8.27. The van der Waals surface area contributed by atoms with Gasteiger partial charge in [-0.1, -0.05) is 24.2 Å². The summed E-state index contributed by atoms with van der Waals surface area (Å²) in [6.45, 7) is 2.46. The van der Waals surface area contributed by atoms with Crippen LogP contribution in [-0.4, -0.2) is 20.5 Å². The SMILES string of the molecule is Cc1cn2nc(CNC(=O)C3CCCC3)sc2n1. The summed E-state index contributed by atoms with van der Waals surface area (Å²) in [7, 11) is 0. The highest BCUT2D eigenvalue weighted by molar-refractivity contribution is 7.16. The zero-order chi connectivity index (χ0) is 12.5. The number of nitrogens with zero attached hydrogens (tertiary/aromatic N) is 3. The molecule has 0 saturated heterocycles. The Morgan fingerprint density at radius 3 is 3.06 bits per heavy atom. The predicted octanol–water partition coefficient (Wildman–Crippen LogP) is 1.91. The number of aryl methyl sites for hydroxylation is 1. The van der Waals surface area contributed by atoms with Crippen LogP contribution in [0.1, 0.15) is 36.4 Å². The molecule has 0 aromatic carbocycles. The summed E-state index contributed by atoms with van der Waals surface area (Å²) in [4.78, 5) is 17.1. The molecule has 2 aromatic heterocycles. The Labute approximate surface area is 109 Å². The molecule has 0 bridgehead atoms. The lowest BCUT2D eigenvalue weighted by Gasteiger charge is -2.08. The fraction of sp³-hybridized carbons (Fsp3) is 0.583. The second kappa shape index (κ2) is 4.68. The maximum Gasteiger partial charge on any atom is 0.223 e. The second-order valence-corrected chi connectivity index (χ2v) is 5.84. The molecular formula is C12H16N4OS. The first-order valence-electron chi connectivity index (χ1n) is 6.32. The average molecular weight is 264 g/mol. The molecule has 3 rings (SSSR count). The molecule has 0 spiro atoms. The molecule has 96 valence electrons. The lowest BCUT2D eigenvalue weighted by Crippen LogP contribution is -2.28. The Kier molecular flexibility index (Phi) is 3.03. The normalized spacial score (nSPS) is 16.5. The first-order valence-corrected chi connectivity index (χ1v) is 7.13. The lowest BCUT2D eigenvalue weighted by atomic mass is 10.1. The van der Waals surface area contributed by atoms with Crippen LogP contribution in [0.25, 0.3) is 4.96 Å². The molecule has 1 aliphatic rings. The minimum atomic E-state index is 0.177. The number of carbonyl (C=O) groups is 1. The molecule has 0 unspecified atom stereocenters. The third-order valence-electron chi connectivity index (χ3n) is 3.35. The van der Waals surface area contributed by atoms with Crippen molar-refractivity contribution in [2.75, 3.05) is 0 Å². The molecule has 18 heavy (non-hydrogen) atoms. The molecule has 0 atom stereocenters. The molecule has 2 aromatic rings. The minimum absolute atomic E-state index is 0.177. The van der Waals surface area contributed by atoms with Crippen LogP contribution in [0.2, 0.25) is 0 Å². The Hall–Kier alpha value is -1.43. The standard InChI is InChI=1S/C12H16N4OS/c1-8-7-16-12(14-8)18-10(15-16)6-13-11(17)9-4-2-3-5-9/h7,9H,2-6H2,1H3,(H,13,17). The van der Waals surface area contributed by atoms with Gasteiger partial charge in [-0.25, -0.2) is 9.50 Å². The van der Waals surface area contributed by atoms with Crippen LogP contribution >= 0.6 is 11.3 Å². The first-order chi connectivity index (χ1) is 8.72. The quantitative estimate of drug-likeness (QED) is 0.921. The zero-order valence-electron chi connectivity index (χ0n) is 10.3. The molecule has 0 radical (unpaired) electrons. The largest absolute Gasteiger partial charge is 0.349 e. The van der Waals surface area contributed by atoms with Gasteiger partial charge in [0.15, 0.2) is 0 Å². The van der Waals surface area contributed by atoms with Gasteiger partial charge in [-0.05, 0) is 19.8 Å². The fourth-order valence-electron chi connectivity index (χ4n) is 2.42. The molecule has 1 aliphatic carbocycles. The highest BCUT2D eigenvalue weighted by atomic mass is 32.1. The third kappa shape index (κ3) is 2.25. The van der Waals surface area contributed by atoms with Gasteiger partial charge in [-0.15, -0.1) is 0 Å². The van der Waals surface area contributed by atoms with Crippen molar-refractivity contribution in [3.8, 4) is 0 Å². The number of amides is 1. The molecule has 1 N–H and O–H groups in total. The Morgan fingerprint density at radius 1 is 1.56 bits per heavy atom. The van der Waals surface area contributed by atoms with E-state index in [4.69, 9.17) is 0 Å². The van der Waals surface area contributed by atoms with E-state index in [-0.39, 0.29) is 11.8 Å². The van der Waals surface area contributed by atoms with Gasteiger partial charge in [0.1, 0.15) is 5.01 Å². The van der Waals surface area contributed by atoms with E-state index < -0.39 is 0 Å². The van der Waals surface area contributed by atoms with Crippen LogP contribution in [0.4, 0.5) is 0 Å². The molecule has 1 fully saturated rings. The second-order valence-electron chi connectivity index (χ2n) is 4.80. The van der Waals surface area contributed by atoms with Gasteiger partial charge in [-0.3, -0.25) is 4.79 Å². The summed E-state index contributed by atoms with van der Waals surface area (Å²) in [6, 6.07) is 0. The molecule has 1 amide bonds. The van der Waals surface area contributed by atoms with Crippen molar-refractivity contribution in [1.82, 2.24) is 19.9 Å². The number of imidazole rings is 1. The number of nitrogens with one attached hydrogen (secondary N) is 1. The van der Waals surface area contributed by atoms with Crippen LogP contribution in [-0.2, 0) is 11.3 Å². The van der Waals surface area contributed by atoms with Crippen LogP contribution < -0.4 is 5.32 Å². The minimum Gasteiger partial charge on any atom is -0.349 e. The van der Waals surface area contributed by atoms with Gasteiger partial charge in [-0.2, -0.15) is 5.10 Å². The summed E-state index contributed by atoms with van der Waals surface area (Å²) >= 11 is 1.53. The number of hydrogen-bond acceptors (Lipinski definition) is 4. The Balaban J connectivity index is 1.61. The van der Waals surface area contributed by atoms with Crippen molar-refractivity contribution in [3.63, 3.8) is 0 Å². The van der Waals surface area contributed by atoms with Gasteiger partial charge in [0, 0.05) is 5.92 Å². The first kappa shape index (κ1) is 11.6. The Bertz CT molecular complexity index is 536. The maximum atomic E-state index is 11.9.